The van der Waals surface area contributed by atoms with E-state index >= 15 is 0 Å². The summed E-state index contributed by atoms with van der Waals surface area (Å²) in [6.07, 6.45) is 1.38. The highest BCUT2D eigenvalue weighted by atomic mass is 16.5. The first-order chi connectivity index (χ1) is 11.9. The lowest BCUT2D eigenvalue weighted by atomic mass is 10.1. The molecule has 0 saturated carbocycles. The summed E-state index contributed by atoms with van der Waals surface area (Å²) in [5, 5.41) is 0. The molecule has 0 amide bonds. The Hall–Kier alpha value is -2.17. The Bertz CT molecular complexity index is 598. The molecule has 4 N–H and O–H groups in total. The Labute approximate surface area is 151 Å². The van der Waals surface area contributed by atoms with Crippen LogP contribution in [0.2, 0.25) is 0 Å². The third-order valence-electron chi connectivity index (χ3n) is 3.35. The summed E-state index contributed by atoms with van der Waals surface area (Å²) in [5.41, 5.74) is 13.7. The molecule has 2 aromatic carbocycles. The summed E-state index contributed by atoms with van der Waals surface area (Å²) in [7, 11) is 0. The van der Waals surface area contributed by atoms with Gasteiger partial charge in [0.05, 0.1) is 6.10 Å². The third-order valence-corrected chi connectivity index (χ3v) is 3.35. The van der Waals surface area contributed by atoms with Crippen LogP contribution in [-0.2, 0) is 22.4 Å². The molecule has 0 aliphatic carbocycles. The van der Waals surface area contributed by atoms with Gasteiger partial charge in [-0.25, -0.2) is 0 Å². The van der Waals surface area contributed by atoms with Crippen molar-refractivity contribution in [2.45, 2.75) is 51.8 Å². The van der Waals surface area contributed by atoms with Crippen molar-refractivity contribution in [3.63, 3.8) is 0 Å². The van der Waals surface area contributed by atoms with Gasteiger partial charge < -0.3 is 16.2 Å². The normalized spacial score (nSPS) is 12.7. The highest BCUT2D eigenvalue weighted by Crippen LogP contribution is 2.04. The first-order valence-electron chi connectivity index (χ1n) is 8.68. The van der Waals surface area contributed by atoms with Gasteiger partial charge >= 0.3 is 5.97 Å². The molecule has 4 nitrogen and oxygen atoms in total. The molecule has 0 heterocycles. The molecule has 0 unspecified atom stereocenters. The topological polar surface area (TPSA) is 78.3 Å². The largest absolute Gasteiger partial charge is 0.462 e. The van der Waals surface area contributed by atoms with Crippen LogP contribution < -0.4 is 11.5 Å². The van der Waals surface area contributed by atoms with Gasteiger partial charge in [0, 0.05) is 6.04 Å². The second-order valence-corrected chi connectivity index (χ2v) is 6.45. The standard InChI is InChI=1S/C12H17NO2.C9H13N/c1-9(2)15-12(14)11(13)8-10-6-4-3-5-7-10;1-8(10)7-9-5-3-2-4-6-9/h3-7,9,11H,8,13H2,1-2H3;2-6,8H,7,10H2,1H3/t11-;8-/m01/s1. The predicted molar refractivity (Wildman–Crippen MR) is 103 cm³/mol. The van der Waals surface area contributed by atoms with E-state index < -0.39 is 6.04 Å². The van der Waals surface area contributed by atoms with Crippen molar-refractivity contribution >= 4 is 5.97 Å². The van der Waals surface area contributed by atoms with Crippen molar-refractivity contribution in [1.82, 2.24) is 0 Å². The van der Waals surface area contributed by atoms with Crippen molar-refractivity contribution < 1.29 is 9.53 Å². The fraction of sp³-hybridized carbons (Fsp3) is 0.381. The molecule has 25 heavy (non-hydrogen) atoms. The zero-order valence-electron chi connectivity index (χ0n) is 15.4. The molecule has 0 saturated heterocycles. The van der Waals surface area contributed by atoms with E-state index in [0.29, 0.717) is 6.42 Å². The summed E-state index contributed by atoms with van der Waals surface area (Å²) < 4.78 is 5.02. The third kappa shape index (κ3) is 9.65. The maximum atomic E-state index is 11.4. The number of ether oxygens (including phenoxy) is 1. The van der Waals surface area contributed by atoms with Crippen LogP contribution in [0, 0.1) is 0 Å². The van der Waals surface area contributed by atoms with Crippen LogP contribution in [0.4, 0.5) is 0 Å². The van der Waals surface area contributed by atoms with Crippen molar-refractivity contribution in [2.24, 2.45) is 11.5 Å². The van der Waals surface area contributed by atoms with Gasteiger partial charge in [-0.1, -0.05) is 60.7 Å². The van der Waals surface area contributed by atoms with Gasteiger partial charge in [0.15, 0.2) is 0 Å². The van der Waals surface area contributed by atoms with Crippen molar-refractivity contribution in [1.29, 1.82) is 0 Å². The van der Waals surface area contributed by atoms with E-state index in [9.17, 15) is 4.79 Å². The van der Waals surface area contributed by atoms with E-state index in [4.69, 9.17) is 16.2 Å². The molecule has 4 heteroatoms. The molecule has 0 bridgehead atoms. The number of nitrogens with two attached hydrogens (primary N) is 2. The minimum Gasteiger partial charge on any atom is -0.462 e. The van der Waals surface area contributed by atoms with Crippen LogP contribution >= 0.6 is 0 Å². The number of benzene rings is 2. The molecule has 0 aliphatic rings. The first kappa shape index (κ1) is 20.9. The Balaban J connectivity index is 0.000000271. The van der Waals surface area contributed by atoms with Crippen LogP contribution in [0.5, 0.6) is 0 Å². The molecule has 2 rings (SSSR count). The van der Waals surface area contributed by atoms with E-state index in [1.807, 2.05) is 69.3 Å². The van der Waals surface area contributed by atoms with Crippen molar-refractivity contribution in [2.75, 3.05) is 0 Å². The van der Waals surface area contributed by atoms with E-state index in [0.717, 1.165) is 12.0 Å². The monoisotopic (exact) mass is 342 g/mol. The van der Waals surface area contributed by atoms with Gasteiger partial charge in [-0.05, 0) is 44.7 Å². The zero-order chi connectivity index (χ0) is 18.7. The van der Waals surface area contributed by atoms with Gasteiger partial charge in [-0.15, -0.1) is 0 Å². The highest BCUT2D eigenvalue weighted by Gasteiger charge is 2.16. The summed E-state index contributed by atoms with van der Waals surface area (Å²) >= 11 is 0. The first-order valence-corrected chi connectivity index (χ1v) is 8.68. The molecule has 136 valence electrons. The summed E-state index contributed by atoms with van der Waals surface area (Å²) in [5.74, 6) is -0.339. The Morgan fingerprint density at radius 1 is 0.840 bits per heavy atom. The second kappa shape index (κ2) is 11.4. The van der Waals surface area contributed by atoms with E-state index in [1.54, 1.807) is 0 Å². The van der Waals surface area contributed by atoms with Crippen molar-refractivity contribution in [3.05, 3.63) is 71.8 Å². The zero-order valence-corrected chi connectivity index (χ0v) is 15.4. The summed E-state index contributed by atoms with van der Waals surface area (Å²) in [6, 6.07) is 19.7. The summed E-state index contributed by atoms with van der Waals surface area (Å²) in [4.78, 5) is 11.4. The molecule has 0 spiro atoms. The van der Waals surface area contributed by atoms with Gasteiger partial charge in [-0.3, -0.25) is 4.79 Å². The lowest BCUT2D eigenvalue weighted by Crippen LogP contribution is -2.35. The SMILES string of the molecule is CC(C)OC(=O)[C@@H](N)Cc1ccccc1.C[C@@H](N)Cc1ccccc1. The number of esters is 1. The fourth-order valence-corrected chi connectivity index (χ4v) is 2.26. The number of rotatable bonds is 6. The van der Waals surface area contributed by atoms with Crippen LogP contribution in [0.25, 0.3) is 0 Å². The predicted octanol–water partition coefficient (Wildman–Crippen LogP) is 3.08. The number of carbonyl (C=O) groups is 1. The van der Waals surface area contributed by atoms with Crippen LogP contribution in [0.1, 0.15) is 31.9 Å². The number of hydrogen-bond donors (Lipinski definition) is 2. The number of carbonyl (C=O) groups excluding carboxylic acids is 1. The van der Waals surface area contributed by atoms with Crippen molar-refractivity contribution in [3.8, 4) is 0 Å². The van der Waals surface area contributed by atoms with E-state index in [2.05, 4.69) is 12.1 Å². The maximum absolute atomic E-state index is 11.4. The van der Waals surface area contributed by atoms with Crippen LogP contribution in [-0.4, -0.2) is 24.2 Å². The Morgan fingerprint density at radius 3 is 1.68 bits per heavy atom. The molecular weight excluding hydrogens is 312 g/mol. The molecule has 2 atom stereocenters. The maximum Gasteiger partial charge on any atom is 0.323 e. The van der Waals surface area contributed by atoms with E-state index in [1.165, 1.54) is 5.56 Å². The van der Waals surface area contributed by atoms with Crippen LogP contribution in [0.15, 0.2) is 60.7 Å². The average molecular weight is 342 g/mol. The highest BCUT2D eigenvalue weighted by molar-refractivity contribution is 5.76. The molecule has 0 radical (unpaired) electrons. The van der Waals surface area contributed by atoms with Gasteiger partial charge in [0.1, 0.15) is 6.04 Å². The lowest BCUT2D eigenvalue weighted by molar-refractivity contribution is -0.148. The molecule has 0 fully saturated rings. The van der Waals surface area contributed by atoms with Gasteiger partial charge in [-0.2, -0.15) is 0 Å². The Morgan fingerprint density at radius 2 is 1.28 bits per heavy atom. The fourth-order valence-electron chi connectivity index (χ4n) is 2.26. The molecular formula is C21H30N2O2. The van der Waals surface area contributed by atoms with Gasteiger partial charge in [0.2, 0.25) is 0 Å². The average Bonchev–Trinajstić information content (AvgIpc) is 2.56. The minimum absolute atomic E-state index is 0.112. The second-order valence-electron chi connectivity index (χ2n) is 6.45. The summed E-state index contributed by atoms with van der Waals surface area (Å²) in [6.45, 7) is 5.65. The number of hydrogen-bond acceptors (Lipinski definition) is 4. The minimum atomic E-state index is -0.574. The van der Waals surface area contributed by atoms with Gasteiger partial charge in [0.25, 0.3) is 0 Å². The molecule has 0 aliphatic heterocycles. The van der Waals surface area contributed by atoms with Crippen LogP contribution in [0.3, 0.4) is 0 Å². The lowest BCUT2D eigenvalue weighted by Gasteiger charge is -2.13. The smallest absolute Gasteiger partial charge is 0.323 e. The van der Waals surface area contributed by atoms with E-state index in [-0.39, 0.29) is 18.1 Å². The Kier molecular flexibility index (Phi) is 9.51. The quantitative estimate of drug-likeness (QED) is 0.791. The molecule has 2 aromatic rings. The molecule has 0 aromatic heterocycles.